The summed E-state index contributed by atoms with van der Waals surface area (Å²) in [5.74, 6) is -0.358. The standard InChI is InChI=1S/C15H14FNO2S/c16-12-2-1-10(5-6-17)15(9-12)11-7-13-3-4-14(8-11)20(13,18)19/h1-2,7,9,13-14H,3-5,8H2. The van der Waals surface area contributed by atoms with Gasteiger partial charge >= 0.3 is 0 Å². The van der Waals surface area contributed by atoms with Gasteiger partial charge in [0, 0.05) is 0 Å². The molecule has 1 fully saturated rings. The average molecular weight is 291 g/mol. The number of rotatable bonds is 2. The first-order valence-corrected chi connectivity index (χ1v) is 8.22. The quantitative estimate of drug-likeness (QED) is 0.841. The van der Waals surface area contributed by atoms with Crippen molar-refractivity contribution in [3.8, 4) is 6.07 Å². The Kier molecular flexibility index (Phi) is 3.14. The number of nitrogens with zero attached hydrogens (tertiary/aromatic N) is 1. The van der Waals surface area contributed by atoms with Crippen LogP contribution in [-0.2, 0) is 16.3 Å². The molecular formula is C15H14FNO2S. The summed E-state index contributed by atoms with van der Waals surface area (Å²) in [5.41, 5.74) is 2.33. The minimum absolute atomic E-state index is 0.203. The molecule has 2 aliphatic heterocycles. The molecule has 2 bridgehead atoms. The van der Waals surface area contributed by atoms with E-state index in [-0.39, 0.29) is 17.5 Å². The van der Waals surface area contributed by atoms with Crippen LogP contribution in [0.4, 0.5) is 4.39 Å². The Morgan fingerprint density at radius 3 is 2.85 bits per heavy atom. The molecule has 0 radical (unpaired) electrons. The van der Waals surface area contributed by atoms with Crippen LogP contribution in [0.3, 0.4) is 0 Å². The Bertz CT molecular complexity index is 731. The van der Waals surface area contributed by atoms with E-state index < -0.39 is 15.1 Å². The van der Waals surface area contributed by atoms with Gasteiger partial charge in [-0.15, -0.1) is 0 Å². The molecule has 0 saturated carbocycles. The zero-order valence-corrected chi connectivity index (χ0v) is 11.7. The maximum Gasteiger partial charge on any atom is 0.159 e. The van der Waals surface area contributed by atoms with Gasteiger partial charge in [0.05, 0.1) is 23.0 Å². The first kappa shape index (κ1) is 13.3. The van der Waals surface area contributed by atoms with Crippen LogP contribution in [-0.4, -0.2) is 18.9 Å². The second kappa shape index (κ2) is 4.71. The van der Waals surface area contributed by atoms with E-state index >= 15 is 0 Å². The van der Waals surface area contributed by atoms with Crippen LogP contribution in [0.15, 0.2) is 24.3 Å². The molecule has 1 aromatic rings. The smallest absolute Gasteiger partial charge is 0.159 e. The van der Waals surface area contributed by atoms with Crippen LogP contribution < -0.4 is 0 Å². The van der Waals surface area contributed by atoms with Crippen LogP contribution in [0.25, 0.3) is 5.57 Å². The lowest BCUT2D eigenvalue weighted by Gasteiger charge is -2.22. The highest BCUT2D eigenvalue weighted by Crippen LogP contribution is 2.41. The summed E-state index contributed by atoms with van der Waals surface area (Å²) in [6.07, 6.45) is 3.72. The lowest BCUT2D eigenvalue weighted by Crippen LogP contribution is -2.26. The number of nitriles is 1. The zero-order chi connectivity index (χ0) is 14.3. The number of fused-ring (bicyclic) bond motifs is 2. The summed E-state index contributed by atoms with van der Waals surface area (Å²) in [7, 11) is -3.04. The van der Waals surface area contributed by atoms with Crippen molar-refractivity contribution in [1.29, 1.82) is 5.26 Å². The minimum atomic E-state index is -3.04. The minimum Gasteiger partial charge on any atom is -0.228 e. The molecule has 0 aromatic heterocycles. The van der Waals surface area contributed by atoms with E-state index in [9.17, 15) is 12.8 Å². The van der Waals surface area contributed by atoms with Gasteiger partial charge in [0.15, 0.2) is 9.84 Å². The third kappa shape index (κ3) is 2.04. The highest BCUT2D eigenvalue weighted by atomic mass is 32.2. The van der Waals surface area contributed by atoms with Gasteiger partial charge in [0.2, 0.25) is 0 Å². The van der Waals surface area contributed by atoms with Crippen LogP contribution in [0.1, 0.15) is 30.4 Å². The SMILES string of the molecule is N#CCc1ccc(F)cc1C1=CC2CCC(C1)S2(=O)=O. The largest absolute Gasteiger partial charge is 0.228 e. The third-order valence-electron chi connectivity index (χ3n) is 4.18. The number of hydrogen-bond donors (Lipinski definition) is 0. The van der Waals surface area contributed by atoms with Crippen molar-refractivity contribution in [2.24, 2.45) is 0 Å². The Morgan fingerprint density at radius 2 is 2.15 bits per heavy atom. The van der Waals surface area contributed by atoms with Gasteiger partial charge in [-0.3, -0.25) is 0 Å². The van der Waals surface area contributed by atoms with Crippen LogP contribution in [0.2, 0.25) is 0 Å². The number of allylic oxidation sites excluding steroid dienone is 1. The summed E-state index contributed by atoms with van der Waals surface area (Å²) >= 11 is 0. The molecule has 0 amide bonds. The fourth-order valence-corrected chi connectivity index (χ4v) is 5.34. The van der Waals surface area contributed by atoms with Crippen molar-refractivity contribution in [3.05, 3.63) is 41.2 Å². The van der Waals surface area contributed by atoms with Gasteiger partial charge in [-0.05, 0) is 48.1 Å². The van der Waals surface area contributed by atoms with E-state index in [0.29, 0.717) is 24.8 Å². The lowest BCUT2D eigenvalue weighted by molar-refractivity contribution is 0.585. The molecule has 2 aliphatic rings. The van der Waals surface area contributed by atoms with Gasteiger partial charge in [-0.25, -0.2) is 12.8 Å². The Labute approximate surface area is 117 Å². The molecule has 3 nitrogen and oxygen atoms in total. The van der Waals surface area contributed by atoms with E-state index in [1.165, 1.54) is 12.1 Å². The van der Waals surface area contributed by atoms with Crippen molar-refractivity contribution in [1.82, 2.24) is 0 Å². The highest BCUT2D eigenvalue weighted by Gasteiger charge is 2.43. The van der Waals surface area contributed by atoms with Crippen molar-refractivity contribution in [2.75, 3.05) is 0 Å². The van der Waals surface area contributed by atoms with E-state index in [1.807, 2.05) is 0 Å². The van der Waals surface area contributed by atoms with Gasteiger partial charge in [-0.1, -0.05) is 12.1 Å². The van der Waals surface area contributed by atoms with Gasteiger partial charge in [-0.2, -0.15) is 5.26 Å². The van der Waals surface area contributed by atoms with Crippen molar-refractivity contribution < 1.29 is 12.8 Å². The molecule has 1 aromatic carbocycles. The second-order valence-corrected chi connectivity index (χ2v) is 7.81. The molecular weight excluding hydrogens is 277 g/mol. The normalized spacial score (nSPS) is 26.9. The number of hydrogen-bond acceptors (Lipinski definition) is 3. The van der Waals surface area contributed by atoms with Gasteiger partial charge < -0.3 is 0 Å². The number of sulfone groups is 1. The van der Waals surface area contributed by atoms with Crippen LogP contribution in [0, 0.1) is 17.1 Å². The maximum absolute atomic E-state index is 13.5. The molecule has 2 atom stereocenters. The van der Waals surface area contributed by atoms with Gasteiger partial charge in [0.25, 0.3) is 0 Å². The summed E-state index contributed by atoms with van der Waals surface area (Å²) in [4.78, 5) is 0. The molecule has 0 spiro atoms. The second-order valence-electron chi connectivity index (χ2n) is 5.36. The molecule has 2 unspecified atom stereocenters. The third-order valence-corrected chi connectivity index (χ3v) is 6.73. The first-order chi connectivity index (χ1) is 9.52. The maximum atomic E-state index is 13.5. The summed E-state index contributed by atoms with van der Waals surface area (Å²) in [5, 5.41) is 8.07. The van der Waals surface area contributed by atoms with Crippen molar-refractivity contribution >= 4 is 15.4 Å². The summed E-state index contributed by atoms with van der Waals surface area (Å²) in [6, 6.07) is 6.43. The van der Waals surface area contributed by atoms with Crippen LogP contribution >= 0.6 is 0 Å². The molecule has 0 aliphatic carbocycles. The molecule has 5 heteroatoms. The predicted octanol–water partition coefficient (Wildman–Crippen LogP) is 2.62. The van der Waals surface area contributed by atoms with Crippen molar-refractivity contribution in [2.45, 2.75) is 36.2 Å². The fourth-order valence-electron chi connectivity index (χ4n) is 3.15. The summed E-state index contributed by atoms with van der Waals surface area (Å²) < 4.78 is 37.6. The lowest BCUT2D eigenvalue weighted by atomic mass is 9.94. The Hall–Kier alpha value is -1.67. The Balaban J connectivity index is 2.07. The predicted molar refractivity (Wildman–Crippen MR) is 74.0 cm³/mol. The average Bonchev–Trinajstić information content (AvgIpc) is 2.60. The van der Waals surface area contributed by atoms with E-state index in [2.05, 4.69) is 6.07 Å². The number of benzene rings is 1. The van der Waals surface area contributed by atoms with Crippen LogP contribution in [0.5, 0.6) is 0 Å². The highest BCUT2D eigenvalue weighted by molar-refractivity contribution is 7.93. The number of halogens is 1. The molecule has 3 rings (SSSR count). The molecule has 104 valence electrons. The molecule has 2 heterocycles. The fraction of sp³-hybridized carbons (Fsp3) is 0.400. The zero-order valence-electron chi connectivity index (χ0n) is 10.8. The van der Waals surface area contributed by atoms with E-state index in [4.69, 9.17) is 5.26 Å². The van der Waals surface area contributed by atoms with Gasteiger partial charge in [0.1, 0.15) is 5.82 Å². The van der Waals surface area contributed by atoms with E-state index in [0.717, 1.165) is 11.1 Å². The van der Waals surface area contributed by atoms with Crippen molar-refractivity contribution in [3.63, 3.8) is 0 Å². The molecule has 20 heavy (non-hydrogen) atoms. The first-order valence-electron chi connectivity index (χ1n) is 6.61. The topological polar surface area (TPSA) is 57.9 Å². The Morgan fingerprint density at radius 1 is 1.35 bits per heavy atom. The summed E-state index contributed by atoms with van der Waals surface area (Å²) in [6.45, 7) is 0. The molecule has 0 N–H and O–H groups in total. The molecule has 1 saturated heterocycles. The monoisotopic (exact) mass is 291 g/mol. The van der Waals surface area contributed by atoms with E-state index in [1.54, 1.807) is 12.1 Å².